The summed E-state index contributed by atoms with van der Waals surface area (Å²) in [6.07, 6.45) is 3.29. The summed E-state index contributed by atoms with van der Waals surface area (Å²) < 4.78 is 2.00. The van der Waals surface area contributed by atoms with Crippen molar-refractivity contribution < 1.29 is 0 Å². The lowest BCUT2D eigenvalue weighted by Gasteiger charge is -2.19. The summed E-state index contributed by atoms with van der Waals surface area (Å²) in [6.45, 7) is 0.906. The molecule has 0 atom stereocenters. The average molecular weight is 234 g/mol. The molecule has 0 aliphatic carbocycles. The van der Waals surface area contributed by atoms with Crippen LogP contribution in [0.1, 0.15) is 18.7 Å². The van der Waals surface area contributed by atoms with E-state index in [0.717, 1.165) is 36.1 Å². The van der Waals surface area contributed by atoms with E-state index in [2.05, 4.69) is 4.98 Å². The van der Waals surface area contributed by atoms with Crippen LogP contribution in [0.3, 0.4) is 0 Å². The molecule has 1 N–H and O–H groups in total. The minimum atomic E-state index is 0.544. The van der Waals surface area contributed by atoms with E-state index in [1.54, 1.807) is 0 Å². The number of aromatic nitrogens is 2. The molecule has 16 heavy (non-hydrogen) atoms. The van der Waals surface area contributed by atoms with Gasteiger partial charge in [-0.05, 0) is 31.0 Å². The first-order valence-corrected chi connectivity index (χ1v) is 5.87. The Morgan fingerprint density at radius 2 is 2.19 bits per heavy atom. The molecule has 1 aromatic heterocycles. The van der Waals surface area contributed by atoms with Crippen LogP contribution in [0, 0.1) is 5.41 Å². The van der Waals surface area contributed by atoms with Crippen LogP contribution in [-0.4, -0.2) is 9.55 Å². The van der Waals surface area contributed by atoms with Gasteiger partial charge in [-0.1, -0.05) is 11.6 Å². The Kier molecular flexibility index (Phi) is 2.21. The second kappa shape index (κ2) is 3.59. The zero-order valence-electron chi connectivity index (χ0n) is 8.83. The van der Waals surface area contributed by atoms with Gasteiger partial charge in [-0.25, -0.2) is 4.98 Å². The predicted molar refractivity (Wildman–Crippen MR) is 63.5 cm³/mol. The van der Waals surface area contributed by atoms with Gasteiger partial charge in [0.05, 0.1) is 5.52 Å². The minimum absolute atomic E-state index is 0.544. The van der Waals surface area contributed by atoms with Gasteiger partial charge in [0.2, 0.25) is 0 Å². The van der Waals surface area contributed by atoms with E-state index in [1.807, 2.05) is 22.8 Å². The van der Waals surface area contributed by atoms with Gasteiger partial charge in [-0.2, -0.15) is 0 Å². The van der Waals surface area contributed by atoms with Crippen LogP contribution in [0.4, 0.5) is 0 Å². The van der Waals surface area contributed by atoms with Crippen LogP contribution < -0.4 is 5.49 Å². The number of aryl methyl sites for hydroxylation is 1. The average Bonchev–Trinajstić information content (AvgIpc) is 2.31. The van der Waals surface area contributed by atoms with Crippen LogP contribution in [0.15, 0.2) is 18.2 Å². The highest BCUT2D eigenvalue weighted by Gasteiger charge is 2.12. The molecule has 0 saturated carbocycles. The molecular weight excluding hydrogens is 222 g/mol. The lowest BCUT2D eigenvalue weighted by molar-refractivity contribution is 0.493. The van der Waals surface area contributed by atoms with Crippen molar-refractivity contribution in [3.63, 3.8) is 0 Å². The smallest absolute Gasteiger partial charge is 0.135 e. The van der Waals surface area contributed by atoms with Gasteiger partial charge in [-0.3, -0.25) is 5.41 Å². The summed E-state index contributed by atoms with van der Waals surface area (Å²) in [7, 11) is 0. The molecule has 0 unspecified atom stereocenters. The van der Waals surface area contributed by atoms with Crippen LogP contribution >= 0.6 is 11.6 Å². The molecule has 82 valence electrons. The number of fused-ring (bicyclic) bond motifs is 2. The number of nitrogens with zero attached hydrogens (tertiary/aromatic N) is 2. The van der Waals surface area contributed by atoms with E-state index in [4.69, 9.17) is 17.0 Å². The van der Waals surface area contributed by atoms with Crippen molar-refractivity contribution in [1.82, 2.24) is 9.55 Å². The predicted octanol–water partition coefficient (Wildman–Crippen LogP) is 2.51. The Morgan fingerprint density at radius 1 is 1.31 bits per heavy atom. The van der Waals surface area contributed by atoms with Crippen molar-refractivity contribution in [3.05, 3.63) is 34.5 Å². The van der Waals surface area contributed by atoms with E-state index in [-0.39, 0.29) is 0 Å². The van der Waals surface area contributed by atoms with Crippen molar-refractivity contribution >= 4 is 22.5 Å². The number of nitrogens with one attached hydrogen (secondary N) is 1. The molecule has 3 rings (SSSR count). The van der Waals surface area contributed by atoms with Gasteiger partial charge in [0, 0.05) is 23.4 Å². The summed E-state index contributed by atoms with van der Waals surface area (Å²) in [4.78, 5) is 4.60. The number of benzene rings is 1. The largest absolute Gasteiger partial charge is 0.314 e. The number of hydrogen-bond donors (Lipinski definition) is 1. The second-order valence-corrected chi connectivity index (χ2v) is 4.58. The number of rotatable bonds is 0. The Labute approximate surface area is 98.2 Å². The quantitative estimate of drug-likeness (QED) is 0.747. The summed E-state index contributed by atoms with van der Waals surface area (Å²) in [5.74, 6) is 1.03. The summed E-state index contributed by atoms with van der Waals surface area (Å²) in [5.41, 5.74) is 1.42. The molecule has 0 amide bonds. The molecule has 2 aromatic rings. The highest BCUT2D eigenvalue weighted by atomic mass is 35.5. The minimum Gasteiger partial charge on any atom is -0.314 e. The highest BCUT2D eigenvalue weighted by Crippen LogP contribution is 2.17. The van der Waals surface area contributed by atoms with E-state index in [9.17, 15) is 0 Å². The first-order chi connectivity index (χ1) is 7.75. The molecular formula is C12H12ClN3. The Morgan fingerprint density at radius 3 is 3.06 bits per heavy atom. The Hall–Kier alpha value is -1.35. The van der Waals surface area contributed by atoms with Gasteiger partial charge in [0.15, 0.2) is 0 Å². The molecule has 0 fully saturated rings. The summed E-state index contributed by atoms with van der Waals surface area (Å²) in [6, 6.07) is 5.55. The molecule has 3 nitrogen and oxygen atoms in total. The van der Waals surface area contributed by atoms with Gasteiger partial charge >= 0.3 is 0 Å². The third-order valence-electron chi connectivity index (χ3n) is 3.08. The molecule has 2 heterocycles. The van der Waals surface area contributed by atoms with E-state index < -0.39 is 0 Å². The van der Waals surface area contributed by atoms with Crippen LogP contribution in [0.2, 0.25) is 5.02 Å². The number of hydrogen-bond acceptors (Lipinski definition) is 2. The molecule has 1 aromatic carbocycles. The fourth-order valence-corrected chi connectivity index (χ4v) is 2.43. The molecule has 4 heteroatoms. The maximum absolute atomic E-state index is 8.18. The topological polar surface area (TPSA) is 41.7 Å². The standard InChI is InChI=1S/C12H12ClN3/c13-8-4-5-10-9(7-8)12(14)16-6-2-1-3-11(16)15-10/h4-5,7,14H,1-3,6H2. The van der Waals surface area contributed by atoms with Crippen molar-refractivity contribution in [2.45, 2.75) is 25.8 Å². The molecule has 0 saturated heterocycles. The summed E-state index contributed by atoms with van der Waals surface area (Å²) >= 11 is 5.95. The van der Waals surface area contributed by atoms with Crippen LogP contribution in [-0.2, 0) is 13.0 Å². The van der Waals surface area contributed by atoms with Crippen molar-refractivity contribution in [2.75, 3.05) is 0 Å². The first-order valence-electron chi connectivity index (χ1n) is 5.49. The monoisotopic (exact) mass is 233 g/mol. The van der Waals surface area contributed by atoms with E-state index in [0.29, 0.717) is 10.5 Å². The zero-order valence-corrected chi connectivity index (χ0v) is 9.59. The van der Waals surface area contributed by atoms with Gasteiger partial charge in [0.1, 0.15) is 11.3 Å². The van der Waals surface area contributed by atoms with Gasteiger partial charge < -0.3 is 4.57 Å². The lowest BCUT2D eigenvalue weighted by atomic mass is 10.1. The van der Waals surface area contributed by atoms with Crippen molar-refractivity contribution in [3.8, 4) is 0 Å². The van der Waals surface area contributed by atoms with Crippen molar-refractivity contribution in [2.24, 2.45) is 0 Å². The SMILES string of the molecule is N=c1c2cc(Cl)ccc2nc2n1CCCC2. The third-order valence-corrected chi connectivity index (χ3v) is 3.31. The molecule has 0 spiro atoms. The van der Waals surface area contributed by atoms with Gasteiger partial charge in [-0.15, -0.1) is 0 Å². The molecule has 1 aliphatic rings. The molecule has 0 bridgehead atoms. The highest BCUT2D eigenvalue weighted by molar-refractivity contribution is 6.31. The van der Waals surface area contributed by atoms with E-state index in [1.165, 1.54) is 6.42 Å². The first kappa shape index (κ1) is 9.85. The fourth-order valence-electron chi connectivity index (χ4n) is 2.25. The zero-order chi connectivity index (χ0) is 11.1. The van der Waals surface area contributed by atoms with Crippen LogP contribution in [0.25, 0.3) is 10.9 Å². The molecule has 0 radical (unpaired) electrons. The normalized spacial score (nSPS) is 15.1. The van der Waals surface area contributed by atoms with Gasteiger partial charge in [0.25, 0.3) is 0 Å². The Bertz CT molecular complexity index is 615. The Balaban J connectivity index is 2.40. The number of halogens is 1. The maximum Gasteiger partial charge on any atom is 0.135 e. The van der Waals surface area contributed by atoms with Crippen LogP contribution in [0.5, 0.6) is 0 Å². The lowest BCUT2D eigenvalue weighted by Crippen LogP contribution is -2.28. The van der Waals surface area contributed by atoms with Crippen molar-refractivity contribution in [1.29, 1.82) is 5.41 Å². The maximum atomic E-state index is 8.18. The molecule has 1 aliphatic heterocycles. The summed E-state index contributed by atoms with van der Waals surface area (Å²) in [5, 5.41) is 9.69. The third kappa shape index (κ3) is 1.43. The van der Waals surface area contributed by atoms with E-state index >= 15 is 0 Å². The second-order valence-electron chi connectivity index (χ2n) is 4.15. The fraction of sp³-hybridized carbons (Fsp3) is 0.333.